The molecule has 0 aliphatic heterocycles. The van der Waals surface area contributed by atoms with Crippen LogP contribution in [0, 0.1) is 0 Å². The molecule has 3 rings (SSSR count). The molecule has 0 saturated carbocycles. The first-order valence-corrected chi connectivity index (χ1v) is 10.6. The molecule has 1 amide bonds. The van der Waals surface area contributed by atoms with Crippen molar-refractivity contribution in [3.63, 3.8) is 0 Å². The van der Waals surface area contributed by atoms with Gasteiger partial charge in [-0.15, -0.1) is 0 Å². The number of hydrogen-bond acceptors (Lipinski definition) is 8. The molecule has 1 aromatic carbocycles. The first-order chi connectivity index (χ1) is 15.6. The molecule has 2 heterocycles. The van der Waals surface area contributed by atoms with E-state index >= 15 is 0 Å². The van der Waals surface area contributed by atoms with Gasteiger partial charge in [0.2, 0.25) is 0 Å². The minimum atomic E-state index is -0.664. The summed E-state index contributed by atoms with van der Waals surface area (Å²) < 4.78 is 17.6. The molecule has 33 heavy (non-hydrogen) atoms. The monoisotopic (exact) mass is 460 g/mol. The Morgan fingerprint density at radius 1 is 1.18 bits per heavy atom. The van der Waals surface area contributed by atoms with Crippen LogP contribution in [-0.2, 0) is 9.47 Å². The number of fused-ring (bicyclic) bond motifs is 1. The first kappa shape index (κ1) is 25.7. The quantitative estimate of drug-likeness (QED) is 0.535. The van der Waals surface area contributed by atoms with E-state index in [2.05, 4.69) is 15.0 Å². The Balaban J connectivity index is 0.00000187. The van der Waals surface area contributed by atoms with E-state index in [1.54, 1.807) is 53.1 Å². The van der Waals surface area contributed by atoms with Gasteiger partial charge in [0.05, 0.1) is 18.0 Å². The van der Waals surface area contributed by atoms with Crippen LogP contribution in [0.5, 0.6) is 5.75 Å². The first-order valence-electron chi connectivity index (χ1n) is 10.6. The largest absolute Gasteiger partial charge is 0.491 e. The number of amides is 1. The summed E-state index contributed by atoms with van der Waals surface area (Å²) >= 11 is 0. The smallest absolute Gasteiger partial charge is 0.414 e. The predicted octanol–water partition coefficient (Wildman–Crippen LogP) is 3.11. The summed E-state index contributed by atoms with van der Waals surface area (Å²) in [5.41, 5.74) is 6.25. The lowest BCUT2D eigenvalue weighted by Gasteiger charge is -2.25. The summed E-state index contributed by atoms with van der Waals surface area (Å²) in [6, 6.07) is 4.99. The van der Waals surface area contributed by atoms with Crippen LogP contribution in [0.1, 0.15) is 34.6 Å². The highest BCUT2D eigenvalue weighted by molar-refractivity contribution is 5.88. The van der Waals surface area contributed by atoms with Gasteiger partial charge in [0.15, 0.2) is 11.5 Å². The standard InChI is InChI=1S/C20H26N6O5.C2H6/c1-20(2,3)31-19(28)25(4)12-8-13(10-14(9-12)30-7-6-29-5)26-17-15(24-18(26)27)16(21)22-11-23-17;1-2/h8-11H,6-7H2,1-5H3,(H,24,27)(H2,21,22,23);1-2H3. The number of carbonyl (C=O) groups excluding carboxylic acids is 1. The fourth-order valence-electron chi connectivity index (χ4n) is 2.83. The van der Waals surface area contributed by atoms with Crippen LogP contribution in [0.4, 0.5) is 16.3 Å². The van der Waals surface area contributed by atoms with Crippen LogP contribution in [0.25, 0.3) is 16.9 Å². The van der Waals surface area contributed by atoms with Gasteiger partial charge in [-0.05, 0) is 26.8 Å². The summed E-state index contributed by atoms with van der Waals surface area (Å²) in [4.78, 5) is 37.3. The number of nitrogens with zero attached hydrogens (tertiary/aromatic N) is 4. The molecule has 0 saturated heterocycles. The number of rotatable bonds is 6. The Morgan fingerprint density at radius 2 is 1.88 bits per heavy atom. The average molecular weight is 461 g/mol. The highest BCUT2D eigenvalue weighted by Gasteiger charge is 2.22. The summed E-state index contributed by atoms with van der Waals surface area (Å²) in [5.74, 6) is 0.586. The second kappa shape index (κ2) is 10.8. The number of aromatic amines is 1. The van der Waals surface area contributed by atoms with Crippen LogP contribution in [-0.4, -0.2) is 58.6 Å². The number of hydrogen-bond donors (Lipinski definition) is 2. The van der Waals surface area contributed by atoms with Crippen LogP contribution in [0.15, 0.2) is 29.3 Å². The number of aromatic nitrogens is 4. The summed E-state index contributed by atoms with van der Waals surface area (Å²) in [6.45, 7) is 10.0. The fourth-order valence-corrected chi connectivity index (χ4v) is 2.83. The van der Waals surface area contributed by atoms with Crippen molar-refractivity contribution in [2.45, 2.75) is 40.2 Å². The number of methoxy groups -OCH3 is 1. The highest BCUT2D eigenvalue weighted by Crippen LogP contribution is 2.28. The van der Waals surface area contributed by atoms with Crippen LogP contribution >= 0.6 is 0 Å². The highest BCUT2D eigenvalue weighted by atomic mass is 16.6. The summed E-state index contributed by atoms with van der Waals surface area (Å²) in [5, 5.41) is 0. The SMILES string of the molecule is CC.COCCOc1cc(N(C)C(=O)OC(C)(C)C)cc(-n2c(=O)[nH]c3c(N)ncnc32)c1. The van der Waals surface area contributed by atoms with Gasteiger partial charge in [-0.2, -0.15) is 0 Å². The van der Waals surface area contributed by atoms with Crippen LogP contribution in [0.2, 0.25) is 0 Å². The molecule has 11 nitrogen and oxygen atoms in total. The lowest BCUT2D eigenvalue weighted by Crippen LogP contribution is -2.34. The van der Waals surface area contributed by atoms with E-state index in [0.29, 0.717) is 34.9 Å². The van der Waals surface area contributed by atoms with Gasteiger partial charge in [0.25, 0.3) is 0 Å². The molecule has 0 aliphatic rings. The maximum Gasteiger partial charge on any atom is 0.414 e. The summed E-state index contributed by atoms with van der Waals surface area (Å²) in [6.07, 6.45) is 0.721. The molecular weight excluding hydrogens is 428 g/mol. The molecule has 0 fully saturated rings. The molecule has 0 aliphatic carbocycles. The predicted molar refractivity (Wildman–Crippen MR) is 127 cm³/mol. The second-order valence-electron chi connectivity index (χ2n) is 7.79. The normalized spacial score (nSPS) is 11.0. The van der Waals surface area contributed by atoms with E-state index in [-0.39, 0.29) is 12.4 Å². The number of anilines is 2. The van der Waals surface area contributed by atoms with Crippen molar-refractivity contribution in [3.05, 3.63) is 35.0 Å². The van der Waals surface area contributed by atoms with E-state index in [0.717, 1.165) is 0 Å². The lowest BCUT2D eigenvalue weighted by atomic mass is 10.2. The molecule has 2 aromatic heterocycles. The zero-order valence-electron chi connectivity index (χ0n) is 20.1. The number of carbonyl (C=O) groups is 1. The van der Waals surface area contributed by atoms with Crippen molar-refractivity contribution in [2.24, 2.45) is 0 Å². The molecule has 0 atom stereocenters. The molecule has 0 unspecified atom stereocenters. The van der Waals surface area contributed by atoms with E-state index in [1.165, 1.54) is 15.8 Å². The van der Waals surface area contributed by atoms with Crippen LogP contribution < -0.4 is 21.1 Å². The van der Waals surface area contributed by atoms with Gasteiger partial charge >= 0.3 is 11.8 Å². The average Bonchev–Trinajstić information content (AvgIpc) is 3.10. The van der Waals surface area contributed by atoms with E-state index in [1.807, 2.05) is 13.8 Å². The van der Waals surface area contributed by atoms with Crippen molar-refractivity contribution in [1.29, 1.82) is 0 Å². The van der Waals surface area contributed by atoms with E-state index in [9.17, 15) is 9.59 Å². The molecule has 180 valence electrons. The van der Waals surface area contributed by atoms with Crippen molar-refractivity contribution < 1.29 is 19.0 Å². The number of nitrogen functional groups attached to an aromatic ring is 1. The van der Waals surface area contributed by atoms with Gasteiger partial charge in [0.1, 0.15) is 29.8 Å². The maximum absolute atomic E-state index is 12.7. The Labute approximate surface area is 192 Å². The molecule has 0 spiro atoms. The Bertz CT molecular complexity index is 1150. The Morgan fingerprint density at radius 3 is 2.52 bits per heavy atom. The van der Waals surface area contributed by atoms with Gasteiger partial charge in [-0.25, -0.2) is 24.1 Å². The topological polar surface area (TPSA) is 138 Å². The minimum Gasteiger partial charge on any atom is -0.491 e. The Hall–Kier alpha value is -3.60. The van der Waals surface area contributed by atoms with Gasteiger partial charge in [0, 0.05) is 26.3 Å². The van der Waals surface area contributed by atoms with Crippen molar-refractivity contribution in [3.8, 4) is 11.4 Å². The summed E-state index contributed by atoms with van der Waals surface area (Å²) in [7, 11) is 3.14. The molecule has 3 N–H and O–H groups in total. The third-order valence-electron chi connectivity index (χ3n) is 4.25. The minimum absolute atomic E-state index is 0.152. The van der Waals surface area contributed by atoms with E-state index < -0.39 is 17.4 Å². The van der Waals surface area contributed by atoms with Crippen molar-refractivity contribution >= 4 is 28.8 Å². The van der Waals surface area contributed by atoms with Gasteiger partial charge in [-0.3, -0.25) is 4.90 Å². The molecule has 3 aromatic rings. The van der Waals surface area contributed by atoms with Crippen molar-refractivity contribution in [2.75, 3.05) is 38.0 Å². The van der Waals surface area contributed by atoms with Gasteiger partial charge in [-0.1, -0.05) is 13.8 Å². The zero-order valence-corrected chi connectivity index (χ0v) is 20.1. The number of nitrogens with two attached hydrogens (primary N) is 1. The van der Waals surface area contributed by atoms with E-state index in [4.69, 9.17) is 19.9 Å². The van der Waals surface area contributed by atoms with Gasteiger partial charge < -0.3 is 24.9 Å². The number of H-pyrrole nitrogens is 1. The number of nitrogens with one attached hydrogen (secondary N) is 1. The fraction of sp³-hybridized carbons (Fsp3) is 0.455. The third kappa shape index (κ3) is 6.22. The molecule has 11 heteroatoms. The number of ether oxygens (including phenoxy) is 3. The third-order valence-corrected chi connectivity index (χ3v) is 4.25. The number of benzene rings is 1. The zero-order chi connectivity index (χ0) is 24.8. The second-order valence-corrected chi connectivity index (χ2v) is 7.79. The van der Waals surface area contributed by atoms with Crippen LogP contribution in [0.3, 0.4) is 0 Å². The Kier molecular flexibility index (Phi) is 8.41. The maximum atomic E-state index is 12.7. The molecule has 0 radical (unpaired) electrons. The number of imidazole rings is 1. The molecular formula is C22H32N6O5. The lowest BCUT2D eigenvalue weighted by molar-refractivity contribution is 0.0589. The molecule has 0 bridgehead atoms. The van der Waals surface area contributed by atoms with Crippen molar-refractivity contribution in [1.82, 2.24) is 19.5 Å².